The molecule has 1 amide bonds. The van der Waals surface area contributed by atoms with Gasteiger partial charge in [0.2, 0.25) is 5.91 Å². The fourth-order valence-corrected chi connectivity index (χ4v) is 2.97. The summed E-state index contributed by atoms with van der Waals surface area (Å²) in [6.45, 7) is 2.09. The van der Waals surface area contributed by atoms with Gasteiger partial charge in [0, 0.05) is 29.2 Å². The first-order chi connectivity index (χ1) is 12.0. The summed E-state index contributed by atoms with van der Waals surface area (Å²) in [6, 6.07) is 11.6. The molecular weight excluding hydrogens is 342 g/mol. The van der Waals surface area contributed by atoms with Crippen molar-refractivity contribution >= 4 is 35.5 Å². The molecule has 0 unspecified atom stereocenters. The van der Waals surface area contributed by atoms with Crippen LogP contribution in [-0.4, -0.2) is 24.7 Å². The highest BCUT2D eigenvalue weighted by atomic mass is 35.5. The molecule has 0 aromatic heterocycles. The van der Waals surface area contributed by atoms with Crippen molar-refractivity contribution in [3.63, 3.8) is 0 Å². The van der Waals surface area contributed by atoms with E-state index in [4.69, 9.17) is 16.3 Å². The maximum absolute atomic E-state index is 12.3. The van der Waals surface area contributed by atoms with Crippen molar-refractivity contribution in [1.82, 2.24) is 0 Å². The molecule has 1 atom stereocenters. The number of amides is 1. The molecule has 6 heteroatoms. The van der Waals surface area contributed by atoms with Crippen LogP contribution in [0.5, 0.6) is 5.75 Å². The summed E-state index contributed by atoms with van der Waals surface area (Å²) in [7, 11) is 0. The summed E-state index contributed by atoms with van der Waals surface area (Å²) < 4.78 is 5.32. The number of halogens is 1. The van der Waals surface area contributed by atoms with Crippen molar-refractivity contribution in [1.29, 1.82) is 0 Å². The van der Waals surface area contributed by atoms with E-state index in [-0.39, 0.29) is 18.9 Å². The molecule has 1 aliphatic heterocycles. The topological polar surface area (TPSA) is 63.7 Å². The number of hydrogen-bond acceptors (Lipinski definition) is 4. The maximum atomic E-state index is 12.3. The molecule has 0 saturated carbocycles. The molecule has 1 fully saturated rings. The van der Waals surface area contributed by atoms with Gasteiger partial charge in [-0.15, -0.1) is 0 Å². The third-order valence-corrected chi connectivity index (χ3v) is 4.63. The number of anilines is 1. The standard InChI is InChI=1S/C19H16ClNO4/c1-12-16(20)3-2-4-17(12)21-10-14(9-18(21)23)19(24)25-15-7-5-13(11-22)6-8-15/h2-8,11,14H,9-10H2,1H3/t14-/m0/s1. The van der Waals surface area contributed by atoms with E-state index in [1.807, 2.05) is 13.0 Å². The minimum Gasteiger partial charge on any atom is -0.426 e. The minimum absolute atomic E-state index is 0.0945. The highest BCUT2D eigenvalue weighted by Crippen LogP contribution is 2.32. The van der Waals surface area contributed by atoms with Gasteiger partial charge in [-0.25, -0.2) is 0 Å². The van der Waals surface area contributed by atoms with Crippen LogP contribution in [0, 0.1) is 12.8 Å². The lowest BCUT2D eigenvalue weighted by Crippen LogP contribution is -2.27. The summed E-state index contributed by atoms with van der Waals surface area (Å²) in [5, 5.41) is 0.576. The number of aldehydes is 1. The maximum Gasteiger partial charge on any atom is 0.316 e. The molecule has 1 aliphatic rings. The monoisotopic (exact) mass is 357 g/mol. The Morgan fingerprint density at radius 2 is 1.96 bits per heavy atom. The summed E-state index contributed by atoms with van der Waals surface area (Å²) in [4.78, 5) is 36.9. The van der Waals surface area contributed by atoms with Crippen LogP contribution < -0.4 is 9.64 Å². The predicted molar refractivity (Wildman–Crippen MR) is 94.1 cm³/mol. The van der Waals surface area contributed by atoms with E-state index in [0.717, 1.165) is 5.56 Å². The number of benzene rings is 2. The van der Waals surface area contributed by atoms with Crippen molar-refractivity contribution in [3.05, 3.63) is 58.6 Å². The zero-order valence-electron chi connectivity index (χ0n) is 13.6. The zero-order chi connectivity index (χ0) is 18.0. The first-order valence-corrected chi connectivity index (χ1v) is 8.20. The Balaban J connectivity index is 1.72. The van der Waals surface area contributed by atoms with E-state index in [0.29, 0.717) is 28.3 Å². The molecule has 1 saturated heterocycles. The van der Waals surface area contributed by atoms with Crippen LogP contribution in [0.1, 0.15) is 22.3 Å². The SMILES string of the molecule is Cc1c(Cl)cccc1N1C[C@@H](C(=O)Oc2ccc(C=O)cc2)CC1=O. The molecule has 0 bridgehead atoms. The molecule has 1 heterocycles. The highest BCUT2D eigenvalue weighted by Gasteiger charge is 2.37. The van der Waals surface area contributed by atoms with E-state index < -0.39 is 11.9 Å². The summed E-state index contributed by atoms with van der Waals surface area (Å²) >= 11 is 6.12. The Bertz CT molecular complexity index is 832. The van der Waals surface area contributed by atoms with Gasteiger partial charge >= 0.3 is 5.97 Å². The molecule has 0 aliphatic carbocycles. The summed E-state index contributed by atoms with van der Waals surface area (Å²) in [5.41, 5.74) is 2.01. The Hall–Kier alpha value is -2.66. The van der Waals surface area contributed by atoms with Crippen LogP contribution in [0.3, 0.4) is 0 Å². The van der Waals surface area contributed by atoms with Crippen molar-refractivity contribution < 1.29 is 19.1 Å². The van der Waals surface area contributed by atoms with Gasteiger partial charge in [0.1, 0.15) is 12.0 Å². The van der Waals surface area contributed by atoms with Crippen LogP contribution in [0.25, 0.3) is 0 Å². The van der Waals surface area contributed by atoms with E-state index in [1.54, 1.807) is 41.3 Å². The molecule has 3 rings (SSSR count). The summed E-state index contributed by atoms with van der Waals surface area (Å²) in [5.74, 6) is -0.796. The fraction of sp³-hybridized carbons (Fsp3) is 0.211. The van der Waals surface area contributed by atoms with Gasteiger partial charge in [-0.3, -0.25) is 14.4 Å². The van der Waals surface area contributed by atoms with Gasteiger partial charge in [0.05, 0.1) is 5.92 Å². The Morgan fingerprint density at radius 3 is 2.64 bits per heavy atom. The largest absolute Gasteiger partial charge is 0.426 e. The van der Waals surface area contributed by atoms with Gasteiger partial charge in [0.15, 0.2) is 0 Å². The highest BCUT2D eigenvalue weighted by molar-refractivity contribution is 6.31. The lowest BCUT2D eigenvalue weighted by molar-refractivity contribution is -0.139. The molecule has 5 nitrogen and oxygen atoms in total. The first-order valence-electron chi connectivity index (χ1n) is 7.82. The number of ether oxygens (including phenoxy) is 1. The molecular formula is C19H16ClNO4. The van der Waals surface area contributed by atoms with Crippen LogP contribution >= 0.6 is 11.6 Å². The van der Waals surface area contributed by atoms with Gasteiger partial charge in [-0.2, -0.15) is 0 Å². The molecule has 128 valence electrons. The third kappa shape index (κ3) is 3.56. The average molecular weight is 358 g/mol. The number of rotatable bonds is 4. The van der Waals surface area contributed by atoms with E-state index in [1.165, 1.54) is 0 Å². The minimum atomic E-state index is -0.545. The third-order valence-electron chi connectivity index (χ3n) is 4.22. The number of esters is 1. The normalized spacial score (nSPS) is 16.8. The Kier molecular flexibility index (Phi) is 4.86. The Morgan fingerprint density at radius 1 is 1.24 bits per heavy atom. The van der Waals surface area contributed by atoms with Gasteiger partial charge < -0.3 is 9.64 Å². The second-order valence-corrected chi connectivity index (χ2v) is 6.30. The van der Waals surface area contributed by atoms with Crippen molar-refractivity contribution in [2.75, 3.05) is 11.4 Å². The van der Waals surface area contributed by atoms with Crippen LogP contribution in [0.15, 0.2) is 42.5 Å². The molecule has 0 N–H and O–H groups in total. The molecule has 25 heavy (non-hydrogen) atoms. The van der Waals surface area contributed by atoms with Crippen molar-refractivity contribution in [2.45, 2.75) is 13.3 Å². The molecule has 2 aromatic rings. The van der Waals surface area contributed by atoms with E-state index in [9.17, 15) is 14.4 Å². The lowest BCUT2D eigenvalue weighted by atomic mass is 10.1. The van der Waals surface area contributed by atoms with E-state index in [2.05, 4.69) is 0 Å². The van der Waals surface area contributed by atoms with Crippen LogP contribution in [0.4, 0.5) is 5.69 Å². The number of hydrogen-bond donors (Lipinski definition) is 0. The van der Waals surface area contributed by atoms with Crippen LogP contribution in [-0.2, 0) is 9.59 Å². The number of nitrogens with zero attached hydrogens (tertiary/aromatic N) is 1. The second kappa shape index (κ2) is 7.07. The van der Waals surface area contributed by atoms with Crippen molar-refractivity contribution in [3.8, 4) is 5.75 Å². The van der Waals surface area contributed by atoms with Crippen molar-refractivity contribution in [2.24, 2.45) is 5.92 Å². The van der Waals surface area contributed by atoms with Gasteiger partial charge in [0.25, 0.3) is 0 Å². The first kappa shape index (κ1) is 17.2. The van der Waals surface area contributed by atoms with E-state index >= 15 is 0 Å². The molecule has 0 spiro atoms. The number of carbonyl (C=O) groups excluding carboxylic acids is 3. The quantitative estimate of drug-likeness (QED) is 0.478. The summed E-state index contributed by atoms with van der Waals surface area (Å²) in [6.07, 6.45) is 0.809. The predicted octanol–water partition coefficient (Wildman–Crippen LogP) is 3.42. The van der Waals surface area contributed by atoms with Gasteiger partial charge in [-0.1, -0.05) is 17.7 Å². The molecule has 0 radical (unpaired) electrons. The molecule has 2 aromatic carbocycles. The number of carbonyl (C=O) groups is 3. The lowest BCUT2D eigenvalue weighted by Gasteiger charge is -2.19. The second-order valence-electron chi connectivity index (χ2n) is 5.90. The van der Waals surface area contributed by atoms with Gasteiger partial charge in [-0.05, 0) is 48.9 Å². The zero-order valence-corrected chi connectivity index (χ0v) is 14.3. The fourth-order valence-electron chi connectivity index (χ4n) is 2.80. The average Bonchev–Trinajstić information content (AvgIpc) is 3.00. The Labute approximate surface area is 150 Å². The van der Waals surface area contributed by atoms with Crippen LogP contribution in [0.2, 0.25) is 5.02 Å². The smallest absolute Gasteiger partial charge is 0.316 e.